The summed E-state index contributed by atoms with van der Waals surface area (Å²) in [7, 11) is 0. The molecule has 5 rings (SSSR count). The molecular weight excluding hydrogens is 382 g/mol. The van der Waals surface area contributed by atoms with Crippen LogP contribution < -0.4 is 10.7 Å². The highest BCUT2D eigenvalue weighted by Gasteiger charge is 2.13. The number of benzene rings is 2. The minimum atomic E-state index is -0.495. The van der Waals surface area contributed by atoms with Gasteiger partial charge in [0.25, 0.3) is 5.91 Å². The Bertz CT molecular complexity index is 1470. The Morgan fingerprint density at radius 3 is 2.63 bits per heavy atom. The smallest absolute Gasteiger partial charge is 0.291 e. The molecule has 2 aromatic carbocycles. The number of aryl methyl sites for hydroxylation is 1. The van der Waals surface area contributed by atoms with Gasteiger partial charge in [0.05, 0.1) is 11.1 Å². The molecule has 5 aromatic rings. The zero-order chi connectivity index (χ0) is 20.7. The Hall–Kier alpha value is -4.33. The molecule has 0 bridgehead atoms. The highest BCUT2D eigenvalue weighted by atomic mass is 16.3. The number of aromatic nitrogens is 4. The Kier molecular flexibility index (Phi) is 4.10. The number of carbonyl (C=O) groups excluding carboxylic acids is 1. The van der Waals surface area contributed by atoms with Crippen molar-refractivity contribution < 1.29 is 9.21 Å². The third-order valence-electron chi connectivity index (χ3n) is 4.72. The van der Waals surface area contributed by atoms with E-state index in [1.165, 1.54) is 6.07 Å². The van der Waals surface area contributed by atoms with Crippen molar-refractivity contribution in [2.24, 2.45) is 0 Å². The van der Waals surface area contributed by atoms with E-state index in [0.717, 1.165) is 11.3 Å². The lowest BCUT2D eigenvalue weighted by atomic mass is 10.1. The standard InChI is InChI=1S/C22H15N5O3/c1-13-24-25-21-11-10-17(26-27(13)21)14-6-8-15(9-7-14)23-22(29)20-12-18(28)16-4-2-3-5-19(16)30-20/h2-12H,1H3,(H,23,29). The number of para-hydroxylation sites is 1. The van der Waals surface area contributed by atoms with Crippen LogP contribution in [0.25, 0.3) is 27.9 Å². The molecule has 146 valence electrons. The van der Waals surface area contributed by atoms with E-state index in [4.69, 9.17) is 4.42 Å². The zero-order valence-corrected chi connectivity index (χ0v) is 15.9. The van der Waals surface area contributed by atoms with Gasteiger partial charge >= 0.3 is 0 Å². The van der Waals surface area contributed by atoms with Gasteiger partial charge in [-0.3, -0.25) is 9.59 Å². The highest BCUT2D eigenvalue weighted by Crippen LogP contribution is 2.21. The molecule has 3 aromatic heterocycles. The first-order valence-corrected chi connectivity index (χ1v) is 9.22. The summed E-state index contributed by atoms with van der Waals surface area (Å²) in [5, 5.41) is 15.7. The number of fused-ring (bicyclic) bond motifs is 2. The number of nitrogens with zero attached hydrogens (tertiary/aromatic N) is 4. The van der Waals surface area contributed by atoms with Crippen LogP contribution in [0.2, 0.25) is 0 Å². The maximum atomic E-state index is 12.5. The maximum Gasteiger partial charge on any atom is 0.291 e. The van der Waals surface area contributed by atoms with Crippen LogP contribution in [0.15, 0.2) is 75.9 Å². The van der Waals surface area contributed by atoms with Crippen molar-refractivity contribution in [1.29, 1.82) is 0 Å². The molecular formula is C22H15N5O3. The Labute approximate surface area is 169 Å². The number of anilines is 1. The summed E-state index contributed by atoms with van der Waals surface area (Å²) in [6.07, 6.45) is 0. The van der Waals surface area contributed by atoms with Gasteiger partial charge in [0.15, 0.2) is 22.7 Å². The minimum Gasteiger partial charge on any atom is -0.451 e. The number of amides is 1. The van der Waals surface area contributed by atoms with E-state index in [0.29, 0.717) is 28.1 Å². The van der Waals surface area contributed by atoms with Crippen LogP contribution in [-0.2, 0) is 0 Å². The molecule has 8 heteroatoms. The number of carbonyl (C=O) groups is 1. The molecule has 0 aliphatic carbocycles. The van der Waals surface area contributed by atoms with E-state index >= 15 is 0 Å². The fourth-order valence-corrected chi connectivity index (χ4v) is 3.18. The van der Waals surface area contributed by atoms with Crippen molar-refractivity contribution in [2.75, 3.05) is 5.32 Å². The first kappa shape index (κ1) is 17.7. The van der Waals surface area contributed by atoms with Crippen LogP contribution in [0.5, 0.6) is 0 Å². The fourth-order valence-electron chi connectivity index (χ4n) is 3.18. The van der Waals surface area contributed by atoms with Gasteiger partial charge in [-0.25, -0.2) is 0 Å². The summed E-state index contributed by atoms with van der Waals surface area (Å²) in [6, 6.07) is 18.9. The second-order valence-electron chi connectivity index (χ2n) is 6.74. The lowest BCUT2D eigenvalue weighted by Crippen LogP contribution is -2.14. The Balaban J connectivity index is 1.40. The van der Waals surface area contributed by atoms with Crippen molar-refractivity contribution in [3.8, 4) is 11.3 Å². The van der Waals surface area contributed by atoms with Crippen LogP contribution in [-0.4, -0.2) is 25.7 Å². The molecule has 3 heterocycles. The lowest BCUT2D eigenvalue weighted by molar-refractivity contribution is 0.0997. The van der Waals surface area contributed by atoms with Crippen LogP contribution >= 0.6 is 0 Å². The number of hydrogen-bond acceptors (Lipinski definition) is 6. The summed E-state index contributed by atoms with van der Waals surface area (Å²) in [5.74, 6) is 0.163. The van der Waals surface area contributed by atoms with E-state index < -0.39 is 5.91 Å². The third-order valence-corrected chi connectivity index (χ3v) is 4.72. The van der Waals surface area contributed by atoms with Gasteiger partial charge in [0.1, 0.15) is 5.58 Å². The van der Waals surface area contributed by atoms with Crippen LogP contribution in [0, 0.1) is 6.92 Å². The normalized spacial score (nSPS) is 11.1. The molecule has 30 heavy (non-hydrogen) atoms. The van der Waals surface area contributed by atoms with E-state index in [-0.39, 0.29) is 11.2 Å². The molecule has 0 aliphatic rings. The van der Waals surface area contributed by atoms with Crippen molar-refractivity contribution in [3.63, 3.8) is 0 Å². The molecule has 1 N–H and O–H groups in total. The maximum absolute atomic E-state index is 12.5. The van der Waals surface area contributed by atoms with Crippen LogP contribution in [0.3, 0.4) is 0 Å². The lowest BCUT2D eigenvalue weighted by Gasteiger charge is -2.07. The molecule has 0 saturated heterocycles. The monoisotopic (exact) mass is 397 g/mol. The molecule has 0 atom stereocenters. The summed E-state index contributed by atoms with van der Waals surface area (Å²) in [5.41, 5.74) is 2.99. The predicted molar refractivity (Wildman–Crippen MR) is 111 cm³/mol. The van der Waals surface area contributed by atoms with Gasteiger partial charge in [-0.1, -0.05) is 24.3 Å². The predicted octanol–water partition coefficient (Wildman–Crippen LogP) is 3.46. The molecule has 0 fully saturated rings. The highest BCUT2D eigenvalue weighted by molar-refractivity contribution is 6.03. The second kappa shape index (κ2) is 6.93. The fraction of sp³-hybridized carbons (Fsp3) is 0.0455. The summed E-state index contributed by atoms with van der Waals surface area (Å²) >= 11 is 0. The topological polar surface area (TPSA) is 102 Å². The zero-order valence-electron chi connectivity index (χ0n) is 15.9. The van der Waals surface area contributed by atoms with E-state index in [1.54, 1.807) is 40.9 Å². The van der Waals surface area contributed by atoms with Gasteiger partial charge < -0.3 is 9.73 Å². The number of rotatable bonds is 3. The third kappa shape index (κ3) is 3.10. The molecule has 0 aliphatic heterocycles. The number of hydrogen-bond donors (Lipinski definition) is 1. The van der Waals surface area contributed by atoms with Gasteiger partial charge in [0, 0.05) is 17.3 Å². The average Bonchev–Trinajstić information content (AvgIpc) is 3.14. The molecule has 0 radical (unpaired) electrons. The molecule has 0 spiro atoms. The molecule has 8 nitrogen and oxygen atoms in total. The quantitative estimate of drug-likeness (QED) is 0.500. The van der Waals surface area contributed by atoms with E-state index in [9.17, 15) is 9.59 Å². The van der Waals surface area contributed by atoms with Crippen molar-refractivity contribution in [3.05, 3.63) is 88.5 Å². The minimum absolute atomic E-state index is 0.0435. The second-order valence-corrected chi connectivity index (χ2v) is 6.74. The van der Waals surface area contributed by atoms with Gasteiger partial charge in [0.2, 0.25) is 0 Å². The average molecular weight is 397 g/mol. The van der Waals surface area contributed by atoms with Gasteiger partial charge in [-0.05, 0) is 43.3 Å². The summed E-state index contributed by atoms with van der Waals surface area (Å²) in [6.45, 7) is 1.83. The van der Waals surface area contributed by atoms with E-state index in [2.05, 4.69) is 20.6 Å². The molecule has 0 unspecified atom stereocenters. The largest absolute Gasteiger partial charge is 0.451 e. The number of nitrogens with one attached hydrogen (secondary N) is 1. The van der Waals surface area contributed by atoms with E-state index in [1.807, 2.05) is 31.2 Å². The van der Waals surface area contributed by atoms with Gasteiger partial charge in [-0.15, -0.1) is 10.2 Å². The van der Waals surface area contributed by atoms with Crippen molar-refractivity contribution in [2.45, 2.75) is 6.92 Å². The Morgan fingerprint density at radius 2 is 1.80 bits per heavy atom. The first-order chi connectivity index (χ1) is 14.6. The summed E-state index contributed by atoms with van der Waals surface area (Å²) < 4.78 is 7.25. The van der Waals surface area contributed by atoms with Gasteiger partial charge in [-0.2, -0.15) is 9.61 Å². The Morgan fingerprint density at radius 1 is 1.00 bits per heavy atom. The van der Waals surface area contributed by atoms with Crippen LogP contribution in [0.4, 0.5) is 5.69 Å². The van der Waals surface area contributed by atoms with Crippen LogP contribution in [0.1, 0.15) is 16.4 Å². The SMILES string of the molecule is Cc1nnc2ccc(-c3ccc(NC(=O)c4cc(=O)c5ccccc5o4)cc3)nn12. The summed E-state index contributed by atoms with van der Waals surface area (Å²) in [4.78, 5) is 24.7. The first-order valence-electron chi connectivity index (χ1n) is 9.22. The van der Waals surface area contributed by atoms with Crippen molar-refractivity contribution in [1.82, 2.24) is 19.8 Å². The van der Waals surface area contributed by atoms with Crippen molar-refractivity contribution >= 4 is 28.2 Å². The molecule has 1 amide bonds. The molecule has 0 saturated carbocycles.